The van der Waals surface area contributed by atoms with E-state index in [0.29, 0.717) is 18.0 Å². The van der Waals surface area contributed by atoms with E-state index in [1.165, 1.54) is 0 Å². The quantitative estimate of drug-likeness (QED) is 0.843. The molecule has 1 saturated heterocycles. The molecule has 6 heteroatoms. The van der Waals surface area contributed by atoms with Crippen LogP contribution in [0.5, 0.6) is 0 Å². The predicted octanol–water partition coefficient (Wildman–Crippen LogP) is 3.45. The van der Waals surface area contributed by atoms with E-state index in [2.05, 4.69) is 17.2 Å². The summed E-state index contributed by atoms with van der Waals surface area (Å²) in [4.78, 5) is 32.6. The van der Waals surface area contributed by atoms with Gasteiger partial charge >= 0.3 is 0 Å². The Labute approximate surface area is 177 Å². The number of ether oxygens (including phenoxy) is 1. The molecule has 0 bridgehead atoms. The zero-order valence-electron chi connectivity index (χ0n) is 17.6. The number of amides is 2. The Hall–Kier alpha value is -2.73. The highest BCUT2D eigenvalue weighted by atomic mass is 16.5. The monoisotopic (exact) mass is 407 g/mol. The molecule has 2 amide bonds. The fourth-order valence-corrected chi connectivity index (χ4v) is 4.76. The number of aryl methyl sites for hydroxylation is 1. The summed E-state index contributed by atoms with van der Waals surface area (Å²) in [6.45, 7) is 4.75. The van der Waals surface area contributed by atoms with Gasteiger partial charge in [-0.2, -0.15) is 0 Å². The van der Waals surface area contributed by atoms with Crippen molar-refractivity contribution in [3.05, 3.63) is 65.5 Å². The predicted molar refractivity (Wildman–Crippen MR) is 114 cm³/mol. The third-order valence-electron chi connectivity index (χ3n) is 6.31. The standard InChI is InChI=1S/C24H29N3O3/c1-17-6-5-11-24(14-17)27(23(29)20-8-4-3-7-18(20)2)21(16-30-24)22(28)26-15-19-9-12-25-13-10-19/h3-4,7-10,12-13,17,21H,5-6,11,14-16H2,1-2H3,(H,26,28)/t17-,21+,24-/m1/s1. The molecule has 2 fully saturated rings. The van der Waals surface area contributed by atoms with Gasteiger partial charge in [0.15, 0.2) is 0 Å². The van der Waals surface area contributed by atoms with E-state index in [4.69, 9.17) is 4.74 Å². The molecule has 1 aliphatic carbocycles. The third kappa shape index (κ3) is 3.97. The molecule has 158 valence electrons. The Morgan fingerprint density at radius 3 is 2.73 bits per heavy atom. The first-order valence-corrected chi connectivity index (χ1v) is 10.7. The van der Waals surface area contributed by atoms with E-state index in [1.807, 2.05) is 43.3 Å². The first-order valence-electron chi connectivity index (χ1n) is 10.7. The van der Waals surface area contributed by atoms with Crippen LogP contribution in [0, 0.1) is 12.8 Å². The van der Waals surface area contributed by atoms with Crippen molar-refractivity contribution >= 4 is 11.8 Å². The molecule has 1 aromatic heterocycles. The number of carbonyl (C=O) groups excluding carboxylic acids is 2. The van der Waals surface area contributed by atoms with E-state index in [9.17, 15) is 9.59 Å². The molecular formula is C24H29N3O3. The second kappa shape index (κ2) is 8.56. The van der Waals surface area contributed by atoms with Crippen LogP contribution < -0.4 is 5.32 Å². The summed E-state index contributed by atoms with van der Waals surface area (Å²) < 4.78 is 6.27. The van der Waals surface area contributed by atoms with Crippen LogP contribution in [0.25, 0.3) is 0 Å². The van der Waals surface area contributed by atoms with Crippen molar-refractivity contribution in [2.24, 2.45) is 5.92 Å². The minimum absolute atomic E-state index is 0.122. The fraction of sp³-hybridized carbons (Fsp3) is 0.458. The molecule has 2 heterocycles. The van der Waals surface area contributed by atoms with E-state index in [-0.39, 0.29) is 18.4 Å². The fourth-order valence-electron chi connectivity index (χ4n) is 4.76. The van der Waals surface area contributed by atoms with Crippen LogP contribution in [0.15, 0.2) is 48.8 Å². The molecule has 0 radical (unpaired) electrons. The van der Waals surface area contributed by atoms with Crippen molar-refractivity contribution in [1.82, 2.24) is 15.2 Å². The Bertz CT molecular complexity index is 917. The molecule has 3 atom stereocenters. The lowest BCUT2D eigenvalue weighted by molar-refractivity contribution is -0.128. The largest absolute Gasteiger partial charge is 0.353 e. The minimum atomic E-state index is -0.699. The Kier molecular flexibility index (Phi) is 5.86. The van der Waals surface area contributed by atoms with Gasteiger partial charge in [-0.3, -0.25) is 19.5 Å². The number of carbonyl (C=O) groups is 2. The average molecular weight is 408 g/mol. The van der Waals surface area contributed by atoms with Gasteiger partial charge in [-0.15, -0.1) is 0 Å². The summed E-state index contributed by atoms with van der Waals surface area (Å²) in [5.41, 5.74) is 1.81. The maximum atomic E-state index is 13.7. The summed E-state index contributed by atoms with van der Waals surface area (Å²) >= 11 is 0. The molecule has 2 aromatic rings. The number of hydrogen-bond acceptors (Lipinski definition) is 4. The maximum absolute atomic E-state index is 13.7. The molecule has 2 aliphatic rings. The first-order chi connectivity index (χ1) is 14.5. The van der Waals surface area contributed by atoms with E-state index in [0.717, 1.165) is 36.8 Å². The van der Waals surface area contributed by atoms with Crippen LogP contribution in [-0.4, -0.2) is 40.1 Å². The molecular weight excluding hydrogens is 378 g/mol. The van der Waals surface area contributed by atoms with Gasteiger partial charge in [-0.1, -0.05) is 31.5 Å². The van der Waals surface area contributed by atoms with Gasteiger partial charge in [-0.05, 0) is 61.4 Å². The lowest BCUT2D eigenvalue weighted by atomic mass is 9.82. The van der Waals surface area contributed by atoms with Gasteiger partial charge < -0.3 is 10.1 Å². The number of aromatic nitrogens is 1. The van der Waals surface area contributed by atoms with Crippen LogP contribution in [0.2, 0.25) is 0 Å². The number of pyridine rings is 1. The zero-order chi connectivity index (χ0) is 21.1. The number of hydrogen-bond donors (Lipinski definition) is 1. The Morgan fingerprint density at radius 1 is 1.23 bits per heavy atom. The summed E-state index contributed by atoms with van der Waals surface area (Å²) in [6, 6.07) is 10.7. The lowest BCUT2D eigenvalue weighted by Crippen LogP contribution is -2.57. The number of nitrogens with one attached hydrogen (secondary N) is 1. The van der Waals surface area contributed by atoms with Crippen molar-refractivity contribution in [2.75, 3.05) is 6.61 Å². The second-order valence-corrected chi connectivity index (χ2v) is 8.54. The summed E-state index contributed by atoms with van der Waals surface area (Å²) in [6.07, 6.45) is 7.04. The smallest absolute Gasteiger partial charge is 0.257 e. The third-order valence-corrected chi connectivity index (χ3v) is 6.31. The van der Waals surface area contributed by atoms with Crippen molar-refractivity contribution < 1.29 is 14.3 Å². The average Bonchev–Trinajstić information content (AvgIpc) is 3.10. The second-order valence-electron chi connectivity index (χ2n) is 8.54. The number of benzene rings is 1. The van der Waals surface area contributed by atoms with Crippen molar-refractivity contribution in [3.8, 4) is 0 Å². The van der Waals surface area contributed by atoms with Crippen molar-refractivity contribution in [1.29, 1.82) is 0 Å². The van der Waals surface area contributed by atoms with Gasteiger partial charge in [0.25, 0.3) is 5.91 Å². The first kappa shape index (κ1) is 20.5. The number of rotatable bonds is 4. The molecule has 1 saturated carbocycles. The normalized spacial score (nSPS) is 26.0. The summed E-state index contributed by atoms with van der Waals surface area (Å²) in [7, 11) is 0. The Balaban J connectivity index is 1.61. The van der Waals surface area contributed by atoms with Gasteiger partial charge in [0, 0.05) is 24.5 Å². The lowest BCUT2D eigenvalue weighted by Gasteiger charge is -2.43. The highest BCUT2D eigenvalue weighted by Gasteiger charge is 2.54. The van der Waals surface area contributed by atoms with E-state index >= 15 is 0 Å². The van der Waals surface area contributed by atoms with E-state index in [1.54, 1.807) is 17.3 Å². The van der Waals surface area contributed by atoms with Crippen LogP contribution >= 0.6 is 0 Å². The number of nitrogens with zero attached hydrogens (tertiary/aromatic N) is 2. The molecule has 0 unspecified atom stereocenters. The summed E-state index contributed by atoms with van der Waals surface area (Å²) in [5, 5.41) is 2.98. The van der Waals surface area contributed by atoms with Crippen LogP contribution in [0.1, 0.15) is 54.1 Å². The van der Waals surface area contributed by atoms with Crippen LogP contribution in [0.3, 0.4) is 0 Å². The highest BCUT2D eigenvalue weighted by Crippen LogP contribution is 2.43. The molecule has 1 aliphatic heterocycles. The zero-order valence-corrected chi connectivity index (χ0v) is 17.6. The van der Waals surface area contributed by atoms with Gasteiger partial charge in [0.2, 0.25) is 5.91 Å². The SMILES string of the molecule is Cc1ccccc1C(=O)N1[C@H](C(=O)NCc2ccncc2)CO[C@@]12CCC[C@@H](C)C2. The van der Waals surface area contributed by atoms with Gasteiger partial charge in [0.05, 0.1) is 6.61 Å². The van der Waals surface area contributed by atoms with Crippen molar-refractivity contribution in [2.45, 2.75) is 57.8 Å². The molecule has 1 N–H and O–H groups in total. The maximum Gasteiger partial charge on any atom is 0.257 e. The van der Waals surface area contributed by atoms with E-state index < -0.39 is 11.8 Å². The molecule has 1 aromatic carbocycles. The molecule has 6 nitrogen and oxygen atoms in total. The van der Waals surface area contributed by atoms with Crippen molar-refractivity contribution in [3.63, 3.8) is 0 Å². The minimum Gasteiger partial charge on any atom is -0.353 e. The molecule has 30 heavy (non-hydrogen) atoms. The molecule has 4 rings (SSSR count). The van der Waals surface area contributed by atoms with Gasteiger partial charge in [-0.25, -0.2) is 0 Å². The molecule has 1 spiro atoms. The summed E-state index contributed by atoms with van der Waals surface area (Å²) in [5.74, 6) is 0.150. The topological polar surface area (TPSA) is 71.5 Å². The van der Waals surface area contributed by atoms with Gasteiger partial charge in [0.1, 0.15) is 11.8 Å². The Morgan fingerprint density at radius 2 is 2.00 bits per heavy atom. The van der Waals surface area contributed by atoms with Crippen LogP contribution in [0.4, 0.5) is 0 Å². The highest BCUT2D eigenvalue weighted by molar-refractivity contribution is 5.99. The van der Waals surface area contributed by atoms with Crippen LogP contribution in [-0.2, 0) is 16.1 Å².